The van der Waals surface area contributed by atoms with Crippen molar-refractivity contribution in [1.29, 1.82) is 0 Å². The van der Waals surface area contributed by atoms with Gasteiger partial charge in [0, 0.05) is 32.3 Å². The van der Waals surface area contributed by atoms with Crippen LogP contribution in [0.2, 0.25) is 0 Å². The largest absolute Gasteiger partial charge is 0.396 e. The monoisotopic (exact) mass is 377 g/mol. The minimum Gasteiger partial charge on any atom is -0.396 e. The number of anilines is 2. The van der Waals surface area contributed by atoms with E-state index in [9.17, 15) is 8.42 Å². The molecule has 0 spiro atoms. The van der Waals surface area contributed by atoms with Gasteiger partial charge in [-0.05, 0) is 43.0 Å². The zero-order valence-electron chi connectivity index (χ0n) is 14.6. The molecule has 1 aliphatic rings. The Labute approximate surface area is 153 Å². The van der Waals surface area contributed by atoms with Crippen molar-refractivity contribution in [2.75, 3.05) is 29.9 Å². The lowest BCUT2D eigenvalue weighted by Gasteiger charge is -2.30. The van der Waals surface area contributed by atoms with E-state index in [1.54, 1.807) is 12.1 Å². The summed E-state index contributed by atoms with van der Waals surface area (Å²) >= 11 is 0. The average Bonchev–Trinajstić information content (AvgIpc) is 2.60. The number of fused-ring (bicyclic) bond motifs is 1. The third-order valence-electron chi connectivity index (χ3n) is 4.31. The summed E-state index contributed by atoms with van der Waals surface area (Å²) in [6, 6.07) is 6.91. The highest BCUT2D eigenvalue weighted by atomic mass is 32.2. The third kappa shape index (κ3) is 4.29. The van der Waals surface area contributed by atoms with Crippen LogP contribution < -0.4 is 15.4 Å². The molecule has 9 heteroatoms. The predicted molar refractivity (Wildman–Crippen MR) is 99.5 cm³/mol. The van der Waals surface area contributed by atoms with Crippen LogP contribution in [-0.2, 0) is 23.0 Å². The van der Waals surface area contributed by atoms with Crippen LogP contribution in [0.5, 0.6) is 0 Å². The van der Waals surface area contributed by atoms with E-state index in [1.165, 1.54) is 0 Å². The SMILES string of the molecule is Cc1nc(NCCCO)cc(N2CCc3ccc(S(N)(=O)=O)cc3C2)n1. The van der Waals surface area contributed by atoms with Crippen LogP contribution >= 0.6 is 0 Å². The Morgan fingerprint density at radius 2 is 2.08 bits per heavy atom. The quantitative estimate of drug-likeness (QED) is 0.636. The molecule has 0 bridgehead atoms. The predicted octanol–water partition coefficient (Wildman–Crippen LogP) is 0.789. The number of nitrogens with one attached hydrogen (secondary N) is 1. The molecule has 140 valence electrons. The van der Waals surface area contributed by atoms with Crippen LogP contribution in [-0.4, -0.2) is 43.2 Å². The number of aliphatic hydroxyl groups is 1. The van der Waals surface area contributed by atoms with Crippen molar-refractivity contribution >= 4 is 21.7 Å². The summed E-state index contributed by atoms with van der Waals surface area (Å²) in [5.74, 6) is 2.15. The number of nitrogens with zero attached hydrogens (tertiary/aromatic N) is 3. The standard InChI is InChI=1S/C17H23N5O3S/c1-12-20-16(19-6-2-8-23)10-17(21-12)22-7-5-13-3-4-15(26(18,24)25)9-14(13)11-22/h3-4,9-10,23H,2,5-8,11H2,1H3,(H2,18,24,25)(H,19,20,21). The van der Waals surface area contributed by atoms with Crippen LogP contribution in [0, 0.1) is 6.92 Å². The second-order valence-electron chi connectivity index (χ2n) is 6.31. The van der Waals surface area contributed by atoms with Crippen LogP contribution in [0.1, 0.15) is 23.4 Å². The Morgan fingerprint density at radius 3 is 2.81 bits per heavy atom. The van der Waals surface area contributed by atoms with Gasteiger partial charge >= 0.3 is 0 Å². The van der Waals surface area contributed by atoms with Crippen molar-refractivity contribution in [3.05, 3.63) is 41.2 Å². The van der Waals surface area contributed by atoms with Gasteiger partial charge in [-0.25, -0.2) is 23.5 Å². The van der Waals surface area contributed by atoms with Gasteiger partial charge in [-0.1, -0.05) is 6.07 Å². The summed E-state index contributed by atoms with van der Waals surface area (Å²) in [5.41, 5.74) is 2.06. The zero-order chi connectivity index (χ0) is 18.7. The second-order valence-corrected chi connectivity index (χ2v) is 7.87. The van der Waals surface area contributed by atoms with Crippen LogP contribution in [0.25, 0.3) is 0 Å². The van der Waals surface area contributed by atoms with E-state index >= 15 is 0 Å². The number of hydrogen-bond acceptors (Lipinski definition) is 7. The topological polar surface area (TPSA) is 121 Å². The number of rotatable bonds is 6. The molecule has 0 atom stereocenters. The van der Waals surface area contributed by atoms with Crippen LogP contribution in [0.15, 0.2) is 29.2 Å². The van der Waals surface area contributed by atoms with Gasteiger partial charge < -0.3 is 15.3 Å². The zero-order valence-corrected chi connectivity index (χ0v) is 15.5. The number of hydrogen-bond donors (Lipinski definition) is 3. The highest BCUT2D eigenvalue weighted by Crippen LogP contribution is 2.26. The highest BCUT2D eigenvalue weighted by molar-refractivity contribution is 7.89. The number of benzene rings is 1. The molecule has 0 radical (unpaired) electrons. The van der Waals surface area contributed by atoms with Crippen LogP contribution in [0.4, 0.5) is 11.6 Å². The van der Waals surface area contributed by atoms with Gasteiger partial charge in [-0.15, -0.1) is 0 Å². The fraction of sp³-hybridized carbons (Fsp3) is 0.412. The number of aryl methyl sites for hydroxylation is 1. The minimum absolute atomic E-state index is 0.124. The molecule has 1 aromatic heterocycles. The normalized spacial score (nSPS) is 14.2. The first kappa shape index (κ1) is 18.6. The smallest absolute Gasteiger partial charge is 0.238 e. The van der Waals surface area contributed by atoms with Gasteiger partial charge in [0.25, 0.3) is 0 Å². The summed E-state index contributed by atoms with van der Waals surface area (Å²) in [4.78, 5) is 11.1. The molecule has 0 fully saturated rings. The van der Waals surface area contributed by atoms with Gasteiger partial charge in [0.1, 0.15) is 17.5 Å². The summed E-state index contributed by atoms with van der Waals surface area (Å²) in [7, 11) is -3.72. The number of primary sulfonamides is 1. The van der Waals surface area contributed by atoms with Gasteiger partial charge in [0.15, 0.2) is 0 Å². The van der Waals surface area contributed by atoms with E-state index in [1.807, 2.05) is 19.1 Å². The molecule has 1 aliphatic heterocycles. The van der Waals surface area contributed by atoms with Gasteiger partial charge in [-0.3, -0.25) is 0 Å². The van der Waals surface area contributed by atoms with Crippen molar-refractivity contribution in [2.45, 2.75) is 31.2 Å². The molecule has 0 aliphatic carbocycles. The molecule has 26 heavy (non-hydrogen) atoms. The molecular formula is C17H23N5O3S. The Hall–Kier alpha value is -2.23. The molecule has 3 rings (SSSR count). The summed E-state index contributed by atoms with van der Waals surface area (Å²) in [6.45, 7) is 3.93. The molecule has 0 unspecified atom stereocenters. The molecule has 0 saturated carbocycles. The van der Waals surface area contributed by atoms with Crippen molar-refractivity contribution in [1.82, 2.24) is 9.97 Å². The van der Waals surface area contributed by atoms with E-state index in [0.717, 1.165) is 29.9 Å². The van der Waals surface area contributed by atoms with Crippen molar-refractivity contribution in [3.63, 3.8) is 0 Å². The first-order valence-electron chi connectivity index (χ1n) is 8.47. The maximum atomic E-state index is 11.6. The van der Waals surface area contributed by atoms with Gasteiger partial charge in [0.2, 0.25) is 10.0 Å². The highest BCUT2D eigenvalue weighted by Gasteiger charge is 2.20. The second kappa shape index (κ2) is 7.56. The van der Waals surface area contributed by atoms with E-state index in [0.29, 0.717) is 31.2 Å². The maximum absolute atomic E-state index is 11.6. The van der Waals surface area contributed by atoms with E-state index in [4.69, 9.17) is 10.2 Å². The number of sulfonamides is 1. The molecule has 2 aromatic rings. The Bertz CT molecular complexity index is 901. The lowest BCUT2D eigenvalue weighted by atomic mass is 10.00. The average molecular weight is 377 g/mol. The third-order valence-corrected chi connectivity index (χ3v) is 5.22. The van der Waals surface area contributed by atoms with E-state index in [-0.39, 0.29) is 11.5 Å². The number of aliphatic hydroxyl groups excluding tert-OH is 1. The Kier molecular flexibility index (Phi) is 5.40. The number of nitrogens with two attached hydrogens (primary N) is 1. The summed E-state index contributed by atoms with van der Waals surface area (Å²) < 4.78 is 23.2. The van der Waals surface area contributed by atoms with Crippen molar-refractivity contribution in [2.24, 2.45) is 5.14 Å². The molecule has 0 amide bonds. The first-order chi connectivity index (χ1) is 12.4. The fourth-order valence-corrected chi connectivity index (χ4v) is 3.57. The molecule has 4 N–H and O–H groups in total. The molecule has 8 nitrogen and oxygen atoms in total. The van der Waals surface area contributed by atoms with Crippen LogP contribution in [0.3, 0.4) is 0 Å². The van der Waals surface area contributed by atoms with E-state index in [2.05, 4.69) is 20.2 Å². The molecule has 2 heterocycles. The van der Waals surface area contributed by atoms with E-state index < -0.39 is 10.0 Å². The Morgan fingerprint density at radius 1 is 1.27 bits per heavy atom. The fourth-order valence-electron chi connectivity index (χ4n) is 3.01. The minimum atomic E-state index is -3.72. The molecule has 0 saturated heterocycles. The lowest BCUT2D eigenvalue weighted by molar-refractivity contribution is 0.292. The summed E-state index contributed by atoms with van der Waals surface area (Å²) in [6.07, 6.45) is 1.45. The van der Waals surface area contributed by atoms with Crippen molar-refractivity contribution in [3.8, 4) is 0 Å². The first-order valence-corrected chi connectivity index (χ1v) is 10.0. The van der Waals surface area contributed by atoms with Gasteiger partial charge in [0.05, 0.1) is 4.90 Å². The lowest BCUT2D eigenvalue weighted by Crippen LogP contribution is -2.31. The number of aromatic nitrogens is 2. The van der Waals surface area contributed by atoms with Crippen molar-refractivity contribution < 1.29 is 13.5 Å². The Balaban J connectivity index is 1.84. The summed E-state index contributed by atoms with van der Waals surface area (Å²) in [5, 5.41) is 17.3. The van der Waals surface area contributed by atoms with Gasteiger partial charge in [-0.2, -0.15) is 0 Å². The maximum Gasteiger partial charge on any atom is 0.238 e. The molecular weight excluding hydrogens is 354 g/mol. The molecule has 1 aromatic carbocycles.